The SMILES string of the molecule is Cc1cc(C)nc(Nc2cccc(Cl)n2)n1. The summed E-state index contributed by atoms with van der Waals surface area (Å²) in [5, 5.41) is 3.45. The molecule has 0 saturated carbocycles. The van der Waals surface area contributed by atoms with Crippen molar-refractivity contribution in [2.45, 2.75) is 13.8 Å². The van der Waals surface area contributed by atoms with Gasteiger partial charge in [-0.15, -0.1) is 0 Å². The van der Waals surface area contributed by atoms with Crippen molar-refractivity contribution in [2.75, 3.05) is 5.32 Å². The zero-order valence-electron chi connectivity index (χ0n) is 9.03. The van der Waals surface area contributed by atoms with Crippen LogP contribution in [0.15, 0.2) is 24.3 Å². The minimum atomic E-state index is 0.439. The van der Waals surface area contributed by atoms with Gasteiger partial charge < -0.3 is 5.32 Å². The van der Waals surface area contributed by atoms with E-state index in [1.165, 1.54) is 0 Å². The Hall–Kier alpha value is -1.68. The van der Waals surface area contributed by atoms with E-state index in [9.17, 15) is 0 Å². The van der Waals surface area contributed by atoms with Crippen LogP contribution in [0.4, 0.5) is 11.8 Å². The van der Waals surface area contributed by atoms with Gasteiger partial charge in [-0.2, -0.15) is 0 Å². The van der Waals surface area contributed by atoms with E-state index in [4.69, 9.17) is 11.6 Å². The van der Waals surface area contributed by atoms with E-state index in [1.54, 1.807) is 6.07 Å². The molecule has 0 aliphatic heterocycles. The third-order valence-corrected chi connectivity index (χ3v) is 2.15. The van der Waals surface area contributed by atoms with Crippen molar-refractivity contribution >= 4 is 23.4 Å². The van der Waals surface area contributed by atoms with Crippen LogP contribution in [-0.4, -0.2) is 15.0 Å². The lowest BCUT2D eigenvalue weighted by molar-refractivity contribution is 1.05. The minimum absolute atomic E-state index is 0.439. The van der Waals surface area contributed by atoms with Gasteiger partial charge in [-0.05, 0) is 32.0 Å². The Bertz CT molecular complexity index is 493. The number of pyridine rings is 1. The summed E-state index contributed by atoms with van der Waals surface area (Å²) < 4.78 is 0. The van der Waals surface area contributed by atoms with Crippen LogP contribution < -0.4 is 5.32 Å². The fraction of sp³-hybridized carbons (Fsp3) is 0.182. The van der Waals surface area contributed by atoms with Gasteiger partial charge in [0.2, 0.25) is 5.95 Å². The molecule has 2 aromatic rings. The second-order valence-corrected chi connectivity index (χ2v) is 3.83. The second-order valence-electron chi connectivity index (χ2n) is 3.44. The Morgan fingerprint density at radius 1 is 1.06 bits per heavy atom. The molecule has 0 bridgehead atoms. The van der Waals surface area contributed by atoms with E-state index in [-0.39, 0.29) is 0 Å². The fourth-order valence-corrected chi connectivity index (χ4v) is 1.54. The smallest absolute Gasteiger partial charge is 0.228 e. The lowest BCUT2D eigenvalue weighted by Gasteiger charge is -2.05. The summed E-state index contributed by atoms with van der Waals surface area (Å²) in [4.78, 5) is 12.6. The number of nitrogens with zero attached hydrogens (tertiary/aromatic N) is 3. The molecule has 0 saturated heterocycles. The number of hydrogen-bond donors (Lipinski definition) is 1. The highest BCUT2D eigenvalue weighted by Crippen LogP contribution is 2.13. The van der Waals surface area contributed by atoms with Crippen LogP contribution in [0.2, 0.25) is 5.15 Å². The molecule has 0 radical (unpaired) electrons. The summed E-state index contributed by atoms with van der Waals surface area (Å²) in [6.07, 6.45) is 0. The first-order valence-electron chi connectivity index (χ1n) is 4.85. The molecule has 2 heterocycles. The summed E-state index contributed by atoms with van der Waals surface area (Å²) in [7, 11) is 0. The molecule has 16 heavy (non-hydrogen) atoms. The number of aryl methyl sites for hydroxylation is 2. The maximum atomic E-state index is 5.78. The molecule has 2 rings (SSSR count). The molecule has 0 aliphatic rings. The first kappa shape index (κ1) is 10.8. The van der Waals surface area contributed by atoms with E-state index in [1.807, 2.05) is 32.0 Å². The van der Waals surface area contributed by atoms with Crippen LogP contribution in [0, 0.1) is 13.8 Å². The van der Waals surface area contributed by atoms with Gasteiger partial charge in [0, 0.05) is 11.4 Å². The Balaban J connectivity index is 2.27. The van der Waals surface area contributed by atoms with E-state index in [2.05, 4.69) is 20.3 Å². The normalized spacial score (nSPS) is 10.2. The number of nitrogens with one attached hydrogen (secondary N) is 1. The molecule has 5 heteroatoms. The van der Waals surface area contributed by atoms with Gasteiger partial charge in [0.15, 0.2) is 0 Å². The van der Waals surface area contributed by atoms with Crippen molar-refractivity contribution in [2.24, 2.45) is 0 Å². The predicted molar refractivity (Wildman–Crippen MR) is 64.0 cm³/mol. The summed E-state index contributed by atoms with van der Waals surface area (Å²) in [5.74, 6) is 1.17. The van der Waals surface area contributed by atoms with Crippen LogP contribution in [0.3, 0.4) is 0 Å². The third-order valence-electron chi connectivity index (χ3n) is 1.94. The van der Waals surface area contributed by atoms with Gasteiger partial charge >= 0.3 is 0 Å². The molecule has 2 aromatic heterocycles. The van der Waals surface area contributed by atoms with Gasteiger partial charge in [-0.3, -0.25) is 0 Å². The Kier molecular flexibility index (Phi) is 3.01. The lowest BCUT2D eigenvalue weighted by atomic mass is 10.3. The van der Waals surface area contributed by atoms with E-state index >= 15 is 0 Å². The van der Waals surface area contributed by atoms with E-state index in [0.717, 1.165) is 11.4 Å². The molecule has 0 fully saturated rings. The monoisotopic (exact) mass is 234 g/mol. The lowest BCUT2D eigenvalue weighted by Crippen LogP contribution is -2.01. The van der Waals surface area contributed by atoms with Crippen LogP contribution >= 0.6 is 11.6 Å². The molecule has 4 nitrogen and oxygen atoms in total. The molecule has 0 aromatic carbocycles. The van der Waals surface area contributed by atoms with E-state index < -0.39 is 0 Å². The van der Waals surface area contributed by atoms with Gasteiger partial charge in [-0.1, -0.05) is 17.7 Å². The molecule has 82 valence electrons. The number of rotatable bonds is 2. The number of aromatic nitrogens is 3. The average molecular weight is 235 g/mol. The van der Waals surface area contributed by atoms with E-state index in [0.29, 0.717) is 16.9 Å². The largest absolute Gasteiger partial charge is 0.309 e. The molecule has 0 aliphatic carbocycles. The van der Waals surface area contributed by atoms with Crippen molar-refractivity contribution in [3.8, 4) is 0 Å². The highest BCUT2D eigenvalue weighted by Gasteiger charge is 2.01. The summed E-state index contributed by atoms with van der Waals surface area (Å²) in [5.41, 5.74) is 1.83. The van der Waals surface area contributed by atoms with Crippen LogP contribution in [0.5, 0.6) is 0 Å². The molecular weight excluding hydrogens is 224 g/mol. The third kappa shape index (κ3) is 2.67. The first-order valence-corrected chi connectivity index (χ1v) is 5.23. The van der Waals surface area contributed by atoms with Crippen molar-refractivity contribution in [1.29, 1.82) is 0 Å². The highest BCUT2D eigenvalue weighted by molar-refractivity contribution is 6.29. The summed E-state index contributed by atoms with van der Waals surface area (Å²) >= 11 is 5.78. The van der Waals surface area contributed by atoms with Crippen molar-refractivity contribution in [3.63, 3.8) is 0 Å². The van der Waals surface area contributed by atoms with Gasteiger partial charge in [0.05, 0.1) is 0 Å². The Morgan fingerprint density at radius 2 is 1.75 bits per heavy atom. The summed E-state index contributed by atoms with van der Waals surface area (Å²) in [6, 6.07) is 7.26. The zero-order chi connectivity index (χ0) is 11.5. The van der Waals surface area contributed by atoms with Crippen molar-refractivity contribution < 1.29 is 0 Å². The van der Waals surface area contributed by atoms with Crippen molar-refractivity contribution in [3.05, 3.63) is 40.8 Å². The number of halogens is 1. The quantitative estimate of drug-likeness (QED) is 0.812. The van der Waals surface area contributed by atoms with Crippen LogP contribution in [-0.2, 0) is 0 Å². The van der Waals surface area contributed by atoms with Crippen LogP contribution in [0.25, 0.3) is 0 Å². The predicted octanol–water partition coefficient (Wildman–Crippen LogP) is 2.89. The number of hydrogen-bond acceptors (Lipinski definition) is 4. The molecule has 0 spiro atoms. The molecule has 0 unspecified atom stereocenters. The Labute approximate surface area is 98.7 Å². The topological polar surface area (TPSA) is 50.7 Å². The molecular formula is C11H11ClN4. The maximum Gasteiger partial charge on any atom is 0.228 e. The second kappa shape index (κ2) is 4.45. The molecule has 0 atom stereocenters. The highest BCUT2D eigenvalue weighted by atomic mass is 35.5. The molecule has 1 N–H and O–H groups in total. The maximum absolute atomic E-state index is 5.78. The zero-order valence-corrected chi connectivity index (χ0v) is 9.78. The standard InChI is InChI=1S/C11H11ClN4/c1-7-6-8(2)14-11(13-7)16-10-5-3-4-9(12)15-10/h3-6H,1-2H3,(H,13,14,15,16). The summed E-state index contributed by atoms with van der Waals surface area (Å²) in [6.45, 7) is 3.84. The van der Waals surface area contributed by atoms with Gasteiger partial charge in [-0.25, -0.2) is 15.0 Å². The first-order chi connectivity index (χ1) is 7.63. The number of anilines is 2. The van der Waals surface area contributed by atoms with Gasteiger partial charge in [0.25, 0.3) is 0 Å². The fourth-order valence-electron chi connectivity index (χ4n) is 1.37. The molecule has 0 amide bonds. The average Bonchev–Trinajstić information content (AvgIpc) is 2.15. The van der Waals surface area contributed by atoms with Crippen molar-refractivity contribution in [1.82, 2.24) is 15.0 Å². The van der Waals surface area contributed by atoms with Gasteiger partial charge in [0.1, 0.15) is 11.0 Å². The minimum Gasteiger partial charge on any atom is -0.309 e. The van der Waals surface area contributed by atoms with Crippen LogP contribution in [0.1, 0.15) is 11.4 Å². The Morgan fingerprint density at radius 3 is 2.38 bits per heavy atom.